The third-order valence-electron chi connectivity index (χ3n) is 3.13. The number of hydrogen-bond acceptors (Lipinski definition) is 2. The van der Waals surface area contributed by atoms with Crippen molar-refractivity contribution in [2.75, 3.05) is 18.4 Å². The number of rotatable bonds is 1. The van der Waals surface area contributed by atoms with Gasteiger partial charge in [-0.1, -0.05) is 17.7 Å². The van der Waals surface area contributed by atoms with Gasteiger partial charge in [-0.05, 0) is 38.5 Å². The Bertz CT molecular complexity index is 469. The number of nitrogens with zero attached hydrogens (tertiary/aromatic N) is 1. The number of halogens is 1. The second-order valence-corrected chi connectivity index (χ2v) is 5.46. The molecule has 1 aliphatic rings. The minimum Gasteiger partial charge on any atom is -0.372 e. The average molecular weight is 283 g/mol. The second-order valence-electron chi connectivity index (χ2n) is 5.06. The first-order valence-electron chi connectivity index (χ1n) is 6.43. The Kier molecular flexibility index (Phi) is 4.32. The fourth-order valence-corrected chi connectivity index (χ4v) is 2.40. The number of aryl methyl sites for hydroxylation is 1. The summed E-state index contributed by atoms with van der Waals surface area (Å²) in [5.74, 6) is 0. The van der Waals surface area contributed by atoms with Gasteiger partial charge in [-0.15, -0.1) is 0 Å². The highest BCUT2D eigenvalue weighted by molar-refractivity contribution is 6.31. The van der Waals surface area contributed by atoms with Crippen molar-refractivity contribution in [3.05, 3.63) is 28.8 Å². The molecule has 104 valence electrons. The van der Waals surface area contributed by atoms with Gasteiger partial charge < -0.3 is 15.0 Å². The van der Waals surface area contributed by atoms with Crippen LogP contribution in [0.15, 0.2) is 18.2 Å². The van der Waals surface area contributed by atoms with Crippen LogP contribution in [-0.2, 0) is 4.74 Å². The first kappa shape index (κ1) is 14.2. The molecule has 1 saturated heterocycles. The van der Waals surface area contributed by atoms with E-state index in [1.54, 1.807) is 11.0 Å². The lowest BCUT2D eigenvalue weighted by atomic mass is 10.2. The number of anilines is 1. The van der Waals surface area contributed by atoms with Gasteiger partial charge in [-0.2, -0.15) is 0 Å². The molecule has 1 aromatic carbocycles. The van der Waals surface area contributed by atoms with Crippen LogP contribution in [0, 0.1) is 6.92 Å². The van der Waals surface area contributed by atoms with E-state index in [9.17, 15) is 4.79 Å². The zero-order valence-electron chi connectivity index (χ0n) is 11.4. The molecule has 1 N–H and O–H groups in total. The molecule has 2 atom stereocenters. The molecule has 1 aliphatic heterocycles. The number of benzene rings is 1. The Balaban J connectivity index is 2.02. The van der Waals surface area contributed by atoms with Crippen LogP contribution < -0.4 is 5.32 Å². The summed E-state index contributed by atoms with van der Waals surface area (Å²) >= 11 is 6.04. The van der Waals surface area contributed by atoms with Gasteiger partial charge >= 0.3 is 6.03 Å². The summed E-state index contributed by atoms with van der Waals surface area (Å²) < 4.78 is 5.61. The third-order valence-corrected chi connectivity index (χ3v) is 3.54. The average Bonchev–Trinajstić information content (AvgIpc) is 2.32. The van der Waals surface area contributed by atoms with Crippen molar-refractivity contribution in [1.82, 2.24) is 4.90 Å². The lowest BCUT2D eigenvalue weighted by molar-refractivity contribution is -0.0530. The van der Waals surface area contributed by atoms with Crippen molar-refractivity contribution in [3.8, 4) is 0 Å². The SMILES string of the molecule is Cc1ccc(NC(=O)N2C[C@@H](C)O[C@H](C)C2)cc1Cl. The summed E-state index contributed by atoms with van der Waals surface area (Å²) in [5.41, 5.74) is 1.71. The van der Waals surface area contributed by atoms with Crippen molar-refractivity contribution in [3.63, 3.8) is 0 Å². The van der Waals surface area contributed by atoms with Crippen molar-refractivity contribution in [2.45, 2.75) is 33.0 Å². The van der Waals surface area contributed by atoms with Crippen LogP contribution in [0.2, 0.25) is 5.02 Å². The van der Waals surface area contributed by atoms with Crippen LogP contribution in [0.5, 0.6) is 0 Å². The summed E-state index contributed by atoms with van der Waals surface area (Å²) in [6.45, 7) is 7.09. The second kappa shape index (κ2) is 5.80. The Morgan fingerprint density at radius 3 is 2.58 bits per heavy atom. The molecule has 1 aromatic rings. The topological polar surface area (TPSA) is 41.6 Å². The molecule has 2 rings (SSSR count). The maximum Gasteiger partial charge on any atom is 0.322 e. The highest BCUT2D eigenvalue weighted by Crippen LogP contribution is 2.20. The Morgan fingerprint density at radius 1 is 1.37 bits per heavy atom. The molecule has 1 heterocycles. The largest absolute Gasteiger partial charge is 0.372 e. The molecule has 1 fully saturated rings. The van der Waals surface area contributed by atoms with Crippen molar-refractivity contribution >= 4 is 23.3 Å². The number of urea groups is 1. The molecule has 0 spiro atoms. The first-order valence-corrected chi connectivity index (χ1v) is 6.81. The Morgan fingerprint density at radius 2 is 2.00 bits per heavy atom. The summed E-state index contributed by atoms with van der Waals surface area (Å²) in [6.07, 6.45) is 0.132. The molecule has 0 saturated carbocycles. The predicted octanol–water partition coefficient (Wildman–Crippen LogP) is 3.29. The van der Waals surface area contributed by atoms with Gasteiger partial charge in [-0.25, -0.2) is 4.79 Å². The monoisotopic (exact) mass is 282 g/mol. The number of carbonyl (C=O) groups excluding carboxylic acids is 1. The Hall–Kier alpha value is -1.26. The molecular weight excluding hydrogens is 264 g/mol. The zero-order valence-corrected chi connectivity index (χ0v) is 12.2. The normalized spacial score (nSPS) is 23.3. The van der Waals surface area contributed by atoms with E-state index in [4.69, 9.17) is 16.3 Å². The van der Waals surface area contributed by atoms with Gasteiger partial charge in [-0.3, -0.25) is 0 Å². The number of carbonyl (C=O) groups is 1. The van der Waals surface area contributed by atoms with Crippen molar-refractivity contribution in [1.29, 1.82) is 0 Å². The summed E-state index contributed by atoms with van der Waals surface area (Å²) in [7, 11) is 0. The minimum absolute atomic E-state index is 0.0658. The maximum absolute atomic E-state index is 12.2. The van der Waals surface area contributed by atoms with Crippen LogP contribution in [0.25, 0.3) is 0 Å². The van der Waals surface area contributed by atoms with Crippen LogP contribution in [0.3, 0.4) is 0 Å². The van der Waals surface area contributed by atoms with Crippen LogP contribution >= 0.6 is 11.6 Å². The highest BCUT2D eigenvalue weighted by Gasteiger charge is 2.25. The van der Waals surface area contributed by atoms with E-state index in [1.807, 2.05) is 32.9 Å². The number of ether oxygens (including phenoxy) is 1. The molecular formula is C14H19ClN2O2. The maximum atomic E-state index is 12.2. The summed E-state index contributed by atoms with van der Waals surface area (Å²) in [4.78, 5) is 13.9. The van der Waals surface area contributed by atoms with E-state index < -0.39 is 0 Å². The van der Waals surface area contributed by atoms with Crippen molar-refractivity contribution in [2.24, 2.45) is 0 Å². The Labute approximate surface area is 118 Å². The molecule has 0 unspecified atom stereocenters. The summed E-state index contributed by atoms with van der Waals surface area (Å²) in [6, 6.07) is 5.40. The highest BCUT2D eigenvalue weighted by atomic mass is 35.5. The third kappa shape index (κ3) is 3.61. The molecule has 19 heavy (non-hydrogen) atoms. The van der Waals surface area contributed by atoms with Crippen LogP contribution in [0.4, 0.5) is 10.5 Å². The quantitative estimate of drug-likeness (QED) is 0.859. The fourth-order valence-electron chi connectivity index (χ4n) is 2.22. The molecule has 0 radical (unpaired) electrons. The molecule has 5 heteroatoms. The number of amides is 2. The van der Waals surface area contributed by atoms with Gasteiger partial charge in [0.1, 0.15) is 0 Å². The van der Waals surface area contributed by atoms with Crippen molar-refractivity contribution < 1.29 is 9.53 Å². The van der Waals surface area contributed by atoms with Gasteiger partial charge in [0.25, 0.3) is 0 Å². The first-order chi connectivity index (χ1) is 8.95. The van der Waals surface area contributed by atoms with E-state index in [0.717, 1.165) is 5.56 Å². The number of hydrogen-bond donors (Lipinski definition) is 1. The molecule has 0 aliphatic carbocycles. The van der Waals surface area contributed by atoms with Crippen LogP contribution in [0.1, 0.15) is 19.4 Å². The van der Waals surface area contributed by atoms with E-state index in [1.165, 1.54) is 0 Å². The van der Waals surface area contributed by atoms with Crippen LogP contribution in [-0.4, -0.2) is 36.2 Å². The predicted molar refractivity (Wildman–Crippen MR) is 76.8 cm³/mol. The zero-order chi connectivity index (χ0) is 14.0. The molecule has 0 aromatic heterocycles. The lowest BCUT2D eigenvalue weighted by Crippen LogP contribution is -2.49. The summed E-state index contributed by atoms with van der Waals surface area (Å²) in [5, 5.41) is 3.52. The molecule has 2 amide bonds. The van der Waals surface area contributed by atoms with Gasteiger partial charge in [0.2, 0.25) is 0 Å². The van der Waals surface area contributed by atoms with E-state index in [2.05, 4.69) is 5.32 Å². The van der Waals surface area contributed by atoms with Gasteiger partial charge in [0.15, 0.2) is 0 Å². The lowest BCUT2D eigenvalue weighted by Gasteiger charge is -2.35. The van der Waals surface area contributed by atoms with Gasteiger partial charge in [0.05, 0.1) is 12.2 Å². The number of morpholine rings is 1. The van der Waals surface area contributed by atoms with Gasteiger partial charge in [0, 0.05) is 23.8 Å². The van der Waals surface area contributed by atoms with E-state index in [-0.39, 0.29) is 18.2 Å². The minimum atomic E-state index is -0.109. The molecule has 4 nitrogen and oxygen atoms in total. The van der Waals surface area contributed by atoms with E-state index in [0.29, 0.717) is 23.8 Å². The fraction of sp³-hybridized carbons (Fsp3) is 0.500. The van der Waals surface area contributed by atoms with E-state index >= 15 is 0 Å². The smallest absolute Gasteiger partial charge is 0.322 e. The number of nitrogens with one attached hydrogen (secondary N) is 1. The standard InChI is InChI=1S/C14H19ClN2O2/c1-9-4-5-12(6-13(9)15)16-14(18)17-7-10(2)19-11(3)8-17/h4-6,10-11H,7-8H2,1-3H3,(H,16,18)/t10-,11-/m1/s1. The molecule has 0 bridgehead atoms.